The van der Waals surface area contributed by atoms with Crippen LogP contribution in [0.5, 0.6) is 0 Å². The van der Waals surface area contributed by atoms with Crippen molar-refractivity contribution in [2.45, 2.75) is 31.4 Å². The Kier molecular flexibility index (Phi) is 5.00. The smallest absolute Gasteiger partial charge is 0.250 e. The van der Waals surface area contributed by atoms with Crippen LogP contribution < -0.4 is 11.5 Å². The van der Waals surface area contributed by atoms with Crippen molar-refractivity contribution in [1.82, 2.24) is 14.5 Å². The van der Waals surface area contributed by atoms with Crippen molar-refractivity contribution in [3.05, 3.63) is 30.1 Å². The van der Waals surface area contributed by atoms with E-state index in [1.807, 2.05) is 16.8 Å². The molecule has 0 aliphatic carbocycles. The van der Waals surface area contributed by atoms with Crippen molar-refractivity contribution in [1.29, 1.82) is 0 Å². The van der Waals surface area contributed by atoms with Crippen molar-refractivity contribution in [3.8, 4) is 0 Å². The molecule has 0 saturated carbocycles. The fraction of sp³-hybridized carbons (Fsp3) is 0.471. The molecule has 25 heavy (non-hydrogen) atoms. The number of aromatic nitrogens is 2. The standard InChI is InChI=1S/C17H23N5O3/c18-5-2-1-3-15(24)21-9-13(14(23)10-21)22-6-4-11-7-12(16(19)25)8-20-17(11)22/h4,6-8,13-14,23H,1-3,5,9-10,18H2,(H2,19,25)/t13-,14-/m1/s1. The molecular weight excluding hydrogens is 322 g/mol. The van der Waals surface area contributed by atoms with Gasteiger partial charge in [-0.05, 0) is 31.5 Å². The molecule has 2 amide bonds. The second-order valence-electron chi connectivity index (χ2n) is 6.40. The van der Waals surface area contributed by atoms with Gasteiger partial charge >= 0.3 is 0 Å². The minimum Gasteiger partial charge on any atom is -0.389 e. The summed E-state index contributed by atoms with van der Waals surface area (Å²) in [5.41, 5.74) is 11.7. The molecule has 134 valence electrons. The zero-order valence-corrected chi connectivity index (χ0v) is 14.0. The van der Waals surface area contributed by atoms with Gasteiger partial charge in [-0.15, -0.1) is 0 Å². The monoisotopic (exact) mass is 345 g/mol. The van der Waals surface area contributed by atoms with E-state index in [0.29, 0.717) is 37.3 Å². The van der Waals surface area contributed by atoms with Crippen molar-refractivity contribution in [2.24, 2.45) is 11.5 Å². The lowest BCUT2D eigenvalue weighted by Crippen LogP contribution is -2.29. The van der Waals surface area contributed by atoms with Crippen molar-refractivity contribution < 1.29 is 14.7 Å². The van der Waals surface area contributed by atoms with Gasteiger partial charge in [0.05, 0.1) is 17.7 Å². The van der Waals surface area contributed by atoms with Gasteiger partial charge in [0.1, 0.15) is 5.65 Å². The lowest BCUT2D eigenvalue weighted by molar-refractivity contribution is -0.130. The van der Waals surface area contributed by atoms with Gasteiger partial charge in [-0.1, -0.05) is 0 Å². The zero-order valence-electron chi connectivity index (χ0n) is 14.0. The molecular formula is C17H23N5O3. The first kappa shape index (κ1) is 17.4. The maximum absolute atomic E-state index is 12.3. The highest BCUT2D eigenvalue weighted by Gasteiger charge is 2.35. The number of primary amides is 1. The van der Waals surface area contributed by atoms with Crippen LogP contribution in [0.15, 0.2) is 24.5 Å². The number of rotatable bonds is 6. The molecule has 8 nitrogen and oxygen atoms in total. The highest BCUT2D eigenvalue weighted by Crippen LogP contribution is 2.27. The van der Waals surface area contributed by atoms with Gasteiger partial charge < -0.3 is 26.0 Å². The second kappa shape index (κ2) is 7.20. The third-order valence-electron chi connectivity index (χ3n) is 4.65. The van der Waals surface area contributed by atoms with Crippen LogP contribution in [-0.2, 0) is 4.79 Å². The van der Waals surface area contributed by atoms with E-state index in [0.717, 1.165) is 18.2 Å². The van der Waals surface area contributed by atoms with Gasteiger partial charge in [0.2, 0.25) is 11.8 Å². The maximum atomic E-state index is 12.3. The molecule has 3 rings (SSSR count). The van der Waals surface area contributed by atoms with Crippen LogP contribution in [0.1, 0.15) is 35.7 Å². The molecule has 2 aromatic rings. The number of carbonyl (C=O) groups excluding carboxylic acids is 2. The Morgan fingerprint density at radius 3 is 2.84 bits per heavy atom. The lowest BCUT2D eigenvalue weighted by Gasteiger charge is -2.17. The summed E-state index contributed by atoms with van der Waals surface area (Å²) >= 11 is 0. The number of likely N-dealkylation sites (tertiary alicyclic amines) is 1. The fourth-order valence-electron chi connectivity index (χ4n) is 3.27. The number of hydrogen-bond acceptors (Lipinski definition) is 5. The summed E-state index contributed by atoms with van der Waals surface area (Å²) in [5, 5.41) is 11.2. The summed E-state index contributed by atoms with van der Waals surface area (Å²) in [6.45, 7) is 1.32. The fourth-order valence-corrected chi connectivity index (χ4v) is 3.27. The normalized spacial score (nSPS) is 20.3. The third-order valence-corrected chi connectivity index (χ3v) is 4.65. The zero-order chi connectivity index (χ0) is 18.0. The summed E-state index contributed by atoms with van der Waals surface area (Å²) in [5.74, 6) is -0.493. The van der Waals surface area contributed by atoms with E-state index in [2.05, 4.69) is 4.98 Å². The first-order valence-corrected chi connectivity index (χ1v) is 8.43. The van der Waals surface area contributed by atoms with E-state index >= 15 is 0 Å². The SMILES string of the molecule is NCCCCC(=O)N1C[C@@H](O)[C@H](n2ccc3cc(C(N)=O)cnc32)C1. The Hall–Kier alpha value is -2.45. The van der Waals surface area contributed by atoms with E-state index in [1.165, 1.54) is 6.20 Å². The Balaban J connectivity index is 1.77. The first-order chi connectivity index (χ1) is 12.0. The van der Waals surface area contributed by atoms with Crippen LogP contribution in [0.3, 0.4) is 0 Å². The molecule has 0 unspecified atom stereocenters. The van der Waals surface area contributed by atoms with E-state index in [-0.39, 0.29) is 11.9 Å². The molecule has 3 heterocycles. The number of β-amino-alcohol motifs (C(OH)–C–C–N with tert-alkyl or cyclic N) is 1. The number of unbranched alkanes of at least 4 members (excludes halogenated alkanes) is 1. The molecule has 0 bridgehead atoms. The summed E-state index contributed by atoms with van der Waals surface area (Å²) in [6.07, 6.45) is 4.61. The average Bonchev–Trinajstić information content (AvgIpc) is 3.17. The number of fused-ring (bicyclic) bond motifs is 1. The van der Waals surface area contributed by atoms with E-state index < -0.39 is 12.0 Å². The van der Waals surface area contributed by atoms with Crippen LogP contribution in [0.4, 0.5) is 0 Å². The van der Waals surface area contributed by atoms with Crippen LogP contribution in [0.2, 0.25) is 0 Å². The number of aliphatic hydroxyl groups is 1. The predicted octanol–water partition coefficient (Wildman–Crippen LogP) is 0.00840. The minimum absolute atomic E-state index is 0.0374. The number of aliphatic hydroxyl groups excluding tert-OH is 1. The number of carbonyl (C=O) groups is 2. The highest BCUT2D eigenvalue weighted by atomic mass is 16.3. The number of nitrogens with two attached hydrogens (primary N) is 2. The predicted molar refractivity (Wildman–Crippen MR) is 92.8 cm³/mol. The van der Waals surface area contributed by atoms with Gasteiger partial charge in [-0.25, -0.2) is 4.98 Å². The number of hydrogen-bond donors (Lipinski definition) is 3. The molecule has 0 radical (unpaired) electrons. The Labute approximate surface area is 145 Å². The molecule has 1 aliphatic rings. The van der Waals surface area contributed by atoms with Gasteiger partial charge in [0.25, 0.3) is 0 Å². The van der Waals surface area contributed by atoms with Gasteiger partial charge in [0.15, 0.2) is 0 Å². The molecule has 0 aromatic carbocycles. The van der Waals surface area contributed by atoms with E-state index in [9.17, 15) is 14.7 Å². The molecule has 0 spiro atoms. The summed E-state index contributed by atoms with van der Waals surface area (Å²) in [7, 11) is 0. The van der Waals surface area contributed by atoms with Crippen LogP contribution >= 0.6 is 0 Å². The van der Waals surface area contributed by atoms with Crippen LogP contribution in [-0.4, -0.2) is 57.1 Å². The summed E-state index contributed by atoms with van der Waals surface area (Å²) in [4.78, 5) is 29.5. The molecule has 5 N–H and O–H groups in total. The number of amides is 2. The van der Waals surface area contributed by atoms with Gasteiger partial charge in [-0.2, -0.15) is 0 Å². The average molecular weight is 345 g/mol. The van der Waals surface area contributed by atoms with E-state index in [1.54, 1.807) is 11.0 Å². The Bertz CT molecular complexity index is 788. The van der Waals surface area contributed by atoms with Crippen molar-refractivity contribution in [3.63, 3.8) is 0 Å². The quantitative estimate of drug-likeness (QED) is 0.635. The van der Waals surface area contributed by atoms with Crippen molar-refractivity contribution >= 4 is 22.8 Å². The van der Waals surface area contributed by atoms with Crippen molar-refractivity contribution in [2.75, 3.05) is 19.6 Å². The topological polar surface area (TPSA) is 127 Å². The molecule has 2 aromatic heterocycles. The molecule has 1 fully saturated rings. The van der Waals surface area contributed by atoms with Gasteiger partial charge in [-0.3, -0.25) is 9.59 Å². The largest absolute Gasteiger partial charge is 0.389 e. The summed E-state index contributed by atoms with van der Waals surface area (Å²) < 4.78 is 1.86. The summed E-state index contributed by atoms with van der Waals surface area (Å²) in [6, 6.07) is 3.24. The molecule has 8 heteroatoms. The second-order valence-corrected chi connectivity index (χ2v) is 6.40. The highest BCUT2D eigenvalue weighted by molar-refractivity contribution is 5.95. The van der Waals surface area contributed by atoms with Gasteiger partial charge in [0, 0.05) is 37.3 Å². The third kappa shape index (κ3) is 3.49. The van der Waals surface area contributed by atoms with Crippen LogP contribution in [0.25, 0.3) is 11.0 Å². The Morgan fingerprint density at radius 1 is 1.32 bits per heavy atom. The minimum atomic E-state index is -0.660. The Morgan fingerprint density at radius 2 is 2.12 bits per heavy atom. The molecule has 1 aliphatic heterocycles. The lowest BCUT2D eigenvalue weighted by atomic mass is 10.2. The number of pyridine rings is 1. The number of nitrogens with zero attached hydrogens (tertiary/aromatic N) is 3. The maximum Gasteiger partial charge on any atom is 0.250 e. The van der Waals surface area contributed by atoms with E-state index in [4.69, 9.17) is 11.5 Å². The molecule has 1 saturated heterocycles. The first-order valence-electron chi connectivity index (χ1n) is 8.43. The van der Waals surface area contributed by atoms with Crippen LogP contribution in [0, 0.1) is 0 Å². The molecule has 2 atom stereocenters.